The summed E-state index contributed by atoms with van der Waals surface area (Å²) >= 11 is 0. The third kappa shape index (κ3) is 2.31. The van der Waals surface area contributed by atoms with E-state index in [1.165, 1.54) is 7.11 Å². The van der Waals surface area contributed by atoms with Crippen molar-refractivity contribution in [2.75, 3.05) is 34.5 Å². The summed E-state index contributed by atoms with van der Waals surface area (Å²) in [5, 5.41) is 3.19. The molecule has 1 N–H and O–H groups in total. The first-order valence-corrected chi connectivity index (χ1v) is 6.15. The smallest absolute Gasteiger partial charge is 0.318 e. The number of carbonyl (C=O) groups excluding carboxylic acids is 1. The first kappa shape index (κ1) is 13.8. The van der Waals surface area contributed by atoms with Crippen molar-refractivity contribution in [3.8, 4) is 5.75 Å². The number of benzene rings is 1. The van der Waals surface area contributed by atoms with Crippen molar-refractivity contribution in [2.45, 2.75) is 6.04 Å². The van der Waals surface area contributed by atoms with Crippen LogP contribution in [0, 0.1) is 5.41 Å². The molecular formula is C14H19NO4. The van der Waals surface area contributed by atoms with E-state index in [0.717, 1.165) is 11.3 Å². The Morgan fingerprint density at radius 2 is 2.16 bits per heavy atom. The number of hydrogen-bond acceptors (Lipinski definition) is 5. The molecule has 1 aromatic carbocycles. The van der Waals surface area contributed by atoms with Gasteiger partial charge in [-0.3, -0.25) is 4.79 Å². The van der Waals surface area contributed by atoms with E-state index in [1.54, 1.807) is 7.11 Å². The summed E-state index contributed by atoms with van der Waals surface area (Å²) in [5.74, 6) is 0.513. The maximum atomic E-state index is 12.1. The van der Waals surface area contributed by atoms with Crippen molar-refractivity contribution < 1.29 is 19.0 Å². The van der Waals surface area contributed by atoms with Gasteiger partial charge in [0.15, 0.2) is 0 Å². The van der Waals surface area contributed by atoms with Gasteiger partial charge in [0.1, 0.15) is 11.2 Å². The average Bonchev–Trinajstić information content (AvgIpc) is 2.41. The largest absolute Gasteiger partial charge is 0.497 e. The molecule has 0 saturated carbocycles. The lowest BCUT2D eigenvalue weighted by Gasteiger charge is -2.44. The first-order valence-electron chi connectivity index (χ1n) is 6.15. The molecule has 104 valence electrons. The van der Waals surface area contributed by atoms with Gasteiger partial charge >= 0.3 is 5.97 Å². The summed E-state index contributed by atoms with van der Waals surface area (Å²) in [6.45, 7) is 0.727. The van der Waals surface area contributed by atoms with Crippen molar-refractivity contribution in [1.82, 2.24) is 5.32 Å². The van der Waals surface area contributed by atoms with Gasteiger partial charge in [0.2, 0.25) is 0 Å². The van der Waals surface area contributed by atoms with Crippen LogP contribution in [0.3, 0.4) is 0 Å². The van der Waals surface area contributed by atoms with Crippen LogP contribution >= 0.6 is 0 Å². The van der Waals surface area contributed by atoms with E-state index in [2.05, 4.69) is 5.32 Å². The Hall–Kier alpha value is -1.59. The van der Waals surface area contributed by atoms with Crippen LogP contribution in [0.1, 0.15) is 11.6 Å². The van der Waals surface area contributed by atoms with Crippen molar-refractivity contribution in [1.29, 1.82) is 0 Å². The minimum Gasteiger partial charge on any atom is -0.497 e. The molecule has 0 aliphatic carbocycles. The molecule has 1 fully saturated rings. The molecule has 0 aromatic heterocycles. The molecule has 1 aliphatic rings. The SMILES string of the molecule is CNC(c1cccc(OC)c1)C1(C(=O)OC)COC1. The van der Waals surface area contributed by atoms with Crippen molar-refractivity contribution in [2.24, 2.45) is 5.41 Å². The van der Waals surface area contributed by atoms with Crippen LogP contribution in [0.5, 0.6) is 5.75 Å². The monoisotopic (exact) mass is 265 g/mol. The van der Waals surface area contributed by atoms with Gasteiger partial charge in [-0.25, -0.2) is 0 Å². The molecule has 19 heavy (non-hydrogen) atoms. The summed E-state index contributed by atoms with van der Waals surface area (Å²) in [6, 6.07) is 7.50. The van der Waals surface area contributed by atoms with Crippen LogP contribution in [0.2, 0.25) is 0 Å². The highest BCUT2D eigenvalue weighted by molar-refractivity contribution is 5.79. The van der Waals surface area contributed by atoms with Gasteiger partial charge in [-0.15, -0.1) is 0 Å². The molecule has 1 heterocycles. The number of nitrogens with one attached hydrogen (secondary N) is 1. The molecule has 5 heteroatoms. The molecule has 0 radical (unpaired) electrons. The van der Waals surface area contributed by atoms with E-state index in [9.17, 15) is 4.79 Å². The van der Waals surface area contributed by atoms with Gasteiger partial charge in [0.25, 0.3) is 0 Å². The Bertz CT molecular complexity index is 457. The fourth-order valence-electron chi connectivity index (χ4n) is 2.51. The molecule has 0 spiro atoms. The summed E-state index contributed by atoms with van der Waals surface area (Å²) < 4.78 is 15.4. The zero-order chi connectivity index (χ0) is 13.9. The van der Waals surface area contributed by atoms with E-state index in [-0.39, 0.29) is 12.0 Å². The highest BCUT2D eigenvalue weighted by Gasteiger charge is 2.53. The van der Waals surface area contributed by atoms with Crippen LogP contribution in [-0.2, 0) is 14.3 Å². The summed E-state index contributed by atoms with van der Waals surface area (Å²) in [6.07, 6.45) is 0. The van der Waals surface area contributed by atoms with Crippen molar-refractivity contribution in [3.05, 3.63) is 29.8 Å². The second kappa shape index (κ2) is 5.59. The number of methoxy groups -OCH3 is 2. The van der Waals surface area contributed by atoms with E-state index in [4.69, 9.17) is 14.2 Å². The fourth-order valence-corrected chi connectivity index (χ4v) is 2.51. The third-order valence-corrected chi connectivity index (χ3v) is 3.58. The number of esters is 1. The van der Waals surface area contributed by atoms with E-state index in [0.29, 0.717) is 13.2 Å². The number of carbonyl (C=O) groups is 1. The predicted octanol–water partition coefficient (Wildman–Crippen LogP) is 1.15. The Morgan fingerprint density at radius 3 is 2.63 bits per heavy atom. The quantitative estimate of drug-likeness (QED) is 0.809. The molecule has 1 atom stereocenters. The summed E-state index contributed by atoms with van der Waals surface area (Å²) in [7, 11) is 4.85. The normalized spacial score (nSPS) is 18.3. The number of ether oxygens (including phenoxy) is 3. The van der Waals surface area contributed by atoms with Gasteiger partial charge in [-0.1, -0.05) is 12.1 Å². The zero-order valence-electron chi connectivity index (χ0n) is 11.4. The van der Waals surface area contributed by atoms with E-state index in [1.807, 2.05) is 31.3 Å². The number of hydrogen-bond donors (Lipinski definition) is 1. The lowest BCUT2D eigenvalue weighted by molar-refractivity contribution is -0.190. The molecule has 1 unspecified atom stereocenters. The molecule has 5 nitrogen and oxygen atoms in total. The standard InChI is InChI=1S/C14H19NO4/c1-15-12(10-5-4-6-11(7-10)17-2)14(8-19-9-14)13(16)18-3/h4-7,12,15H,8-9H2,1-3H3. The van der Waals surface area contributed by atoms with E-state index < -0.39 is 5.41 Å². The summed E-state index contributed by atoms with van der Waals surface area (Å²) in [5.41, 5.74) is 0.325. The topological polar surface area (TPSA) is 56.8 Å². The second-order valence-electron chi connectivity index (χ2n) is 4.64. The molecule has 0 bridgehead atoms. The van der Waals surface area contributed by atoms with Gasteiger partial charge in [-0.05, 0) is 24.7 Å². The van der Waals surface area contributed by atoms with Crippen molar-refractivity contribution >= 4 is 5.97 Å². The number of rotatable bonds is 5. The van der Waals surface area contributed by atoms with Crippen LogP contribution in [0.15, 0.2) is 24.3 Å². The Labute approximate surface area is 112 Å². The van der Waals surface area contributed by atoms with Crippen LogP contribution in [-0.4, -0.2) is 40.5 Å². The minimum absolute atomic E-state index is 0.163. The first-order chi connectivity index (χ1) is 9.17. The zero-order valence-corrected chi connectivity index (χ0v) is 11.4. The highest BCUT2D eigenvalue weighted by Crippen LogP contribution is 2.42. The van der Waals surface area contributed by atoms with Crippen LogP contribution in [0.4, 0.5) is 0 Å². The maximum Gasteiger partial charge on any atom is 0.318 e. The molecule has 1 aromatic rings. The van der Waals surface area contributed by atoms with Crippen molar-refractivity contribution in [3.63, 3.8) is 0 Å². The maximum absolute atomic E-state index is 12.1. The highest BCUT2D eigenvalue weighted by atomic mass is 16.5. The van der Waals surface area contributed by atoms with Crippen LogP contribution < -0.4 is 10.1 Å². The lowest BCUT2D eigenvalue weighted by atomic mass is 9.75. The summed E-state index contributed by atoms with van der Waals surface area (Å²) in [4.78, 5) is 12.1. The molecular weight excluding hydrogens is 246 g/mol. The Morgan fingerprint density at radius 1 is 1.42 bits per heavy atom. The van der Waals surface area contributed by atoms with Gasteiger partial charge in [0, 0.05) is 0 Å². The average molecular weight is 265 g/mol. The molecule has 2 rings (SSSR count). The van der Waals surface area contributed by atoms with Crippen LogP contribution in [0.25, 0.3) is 0 Å². The molecule has 0 amide bonds. The van der Waals surface area contributed by atoms with Gasteiger partial charge in [-0.2, -0.15) is 0 Å². The lowest BCUT2D eigenvalue weighted by Crippen LogP contribution is -2.56. The third-order valence-electron chi connectivity index (χ3n) is 3.58. The minimum atomic E-state index is -0.657. The molecule has 1 aliphatic heterocycles. The molecule has 1 saturated heterocycles. The van der Waals surface area contributed by atoms with E-state index >= 15 is 0 Å². The Kier molecular flexibility index (Phi) is 4.07. The fraction of sp³-hybridized carbons (Fsp3) is 0.500. The Balaban J connectivity index is 2.35. The van der Waals surface area contributed by atoms with Gasteiger partial charge in [0.05, 0.1) is 33.5 Å². The predicted molar refractivity (Wildman–Crippen MR) is 70.1 cm³/mol. The second-order valence-corrected chi connectivity index (χ2v) is 4.64. The van der Waals surface area contributed by atoms with Gasteiger partial charge < -0.3 is 19.5 Å².